The van der Waals surface area contributed by atoms with Crippen molar-refractivity contribution in [2.45, 2.75) is 24.5 Å². The van der Waals surface area contributed by atoms with E-state index in [4.69, 9.17) is 0 Å². The molecular weight excluding hydrogens is 362 g/mol. The Morgan fingerprint density at radius 2 is 1.42 bits per heavy atom. The zero-order valence-electron chi connectivity index (χ0n) is 14.4. The lowest BCUT2D eigenvalue weighted by Gasteiger charge is -2.18. The van der Waals surface area contributed by atoms with E-state index in [9.17, 15) is 22.0 Å². The van der Waals surface area contributed by atoms with Gasteiger partial charge < -0.3 is 10.2 Å². The summed E-state index contributed by atoms with van der Waals surface area (Å²) in [6.45, 7) is 5.08. The Labute approximate surface area is 151 Å². The molecule has 0 radical (unpaired) electrons. The molecule has 5 nitrogen and oxygen atoms in total. The number of amides is 1. The first-order chi connectivity index (χ1) is 12.3. The smallest absolute Gasteiger partial charge is 0.341 e. The van der Waals surface area contributed by atoms with Crippen LogP contribution < -0.4 is 5.32 Å². The molecule has 0 saturated heterocycles. The van der Waals surface area contributed by atoms with E-state index < -0.39 is 20.5 Å². The van der Waals surface area contributed by atoms with E-state index in [2.05, 4.69) is 5.32 Å². The summed E-state index contributed by atoms with van der Waals surface area (Å²) in [4.78, 5) is 13.5. The number of sulfone groups is 1. The van der Waals surface area contributed by atoms with Crippen LogP contribution in [0.15, 0.2) is 53.4 Å². The maximum absolute atomic E-state index is 12.5. The highest BCUT2D eigenvalue weighted by Crippen LogP contribution is 2.22. The SMILES string of the molecule is CCN(CC)C(=O)c1ccc(Nc2ccc(S(=O)(=O)C(F)F)cc2)cc1. The quantitative estimate of drug-likeness (QED) is 0.789. The first-order valence-electron chi connectivity index (χ1n) is 8.08. The van der Waals surface area contributed by atoms with Crippen LogP contribution in [0.25, 0.3) is 0 Å². The first kappa shape index (κ1) is 19.8. The van der Waals surface area contributed by atoms with Crippen LogP contribution in [0.5, 0.6) is 0 Å². The van der Waals surface area contributed by atoms with Crippen LogP contribution in [0, 0.1) is 0 Å². The van der Waals surface area contributed by atoms with E-state index in [1.165, 1.54) is 12.1 Å². The molecule has 0 bridgehead atoms. The second-order valence-electron chi connectivity index (χ2n) is 5.51. The average molecular weight is 382 g/mol. The molecule has 0 aliphatic heterocycles. The minimum absolute atomic E-state index is 0.0527. The molecule has 2 aromatic rings. The van der Waals surface area contributed by atoms with E-state index in [-0.39, 0.29) is 5.91 Å². The Morgan fingerprint density at radius 1 is 0.962 bits per heavy atom. The third kappa shape index (κ3) is 4.37. The van der Waals surface area contributed by atoms with Gasteiger partial charge in [0, 0.05) is 30.0 Å². The minimum Gasteiger partial charge on any atom is -0.356 e. The number of nitrogens with one attached hydrogen (secondary N) is 1. The Morgan fingerprint density at radius 3 is 1.85 bits per heavy atom. The molecule has 1 N–H and O–H groups in total. The zero-order chi connectivity index (χ0) is 19.3. The summed E-state index contributed by atoms with van der Waals surface area (Å²) >= 11 is 0. The van der Waals surface area contributed by atoms with Gasteiger partial charge in [-0.25, -0.2) is 8.42 Å². The molecule has 2 rings (SSSR count). The van der Waals surface area contributed by atoms with Crippen molar-refractivity contribution < 1.29 is 22.0 Å². The lowest BCUT2D eigenvalue weighted by molar-refractivity contribution is 0.0773. The second-order valence-corrected chi connectivity index (χ2v) is 7.43. The highest BCUT2D eigenvalue weighted by Gasteiger charge is 2.26. The molecule has 0 heterocycles. The normalized spacial score (nSPS) is 11.4. The van der Waals surface area contributed by atoms with Crippen LogP contribution in [0.3, 0.4) is 0 Å². The molecule has 0 unspecified atom stereocenters. The molecule has 0 fully saturated rings. The van der Waals surface area contributed by atoms with Gasteiger partial charge in [0.1, 0.15) is 0 Å². The molecule has 8 heteroatoms. The molecular formula is C18H20F2N2O3S. The monoisotopic (exact) mass is 382 g/mol. The van der Waals surface area contributed by atoms with Gasteiger partial charge >= 0.3 is 5.76 Å². The Balaban J connectivity index is 2.11. The lowest BCUT2D eigenvalue weighted by Crippen LogP contribution is -2.30. The molecule has 0 spiro atoms. The number of hydrogen-bond acceptors (Lipinski definition) is 4. The van der Waals surface area contributed by atoms with Crippen molar-refractivity contribution >= 4 is 27.1 Å². The van der Waals surface area contributed by atoms with Gasteiger partial charge in [0.25, 0.3) is 5.91 Å². The summed E-state index contributed by atoms with van der Waals surface area (Å²) < 4.78 is 47.8. The van der Waals surface area contributed by atoms with E-state index in [0.29, 0.717) is 30.0 Å². The second kappa shape index (κ2) is 8.27. The molecule has 0 aromatic heterocycles. The molecule has 2 aromatic carbocycles. The van der Waals surface area contributed by atoms with Gasteiger partial charge in [0.2, 0.25) is 9.84 Å². The standard InChI is InChI=1S/C18H20F2N2O3S/c1-3-22(4-2)17(23)13-5-7-14(8-6-13)21-15-9-11-16(12-10-15)26(24,25)18(19)20/h5-12,18,21H,3-4H2,1-2H3. The Hall–Kier alpha value is -2.48. The third-order valence-electron chi connectivity index (χ3n) is 3.89. The van der Waals surface area contributed by atoms with Gasteiger partial charge in [-0.05, 0) is 62.4 Å². The molecule has 26 heavy (non-hydrogen) atoms. The largest absolute Gasteiger partial charge is 0.356 e. The van der Waals surface area contributed by atoms with Crippen molar-refractivity contribution in [1.82, 2.24) is 4.90 Å². The molecule has 0 aliphatic rings. The summed E-state index contributed by atoms with van der Waals surface area (Å²) in [6.07, 6.45) is 0. The predicted molar refractivity (Wildman–Crippen MR) is 96.6 cm³/mol. The van der Waals surface area contributed by atoms with Crippen LogP contribution >= 0.6 is 0 Å². The zero-order valence-corrected chi connectivity index (χ0v) is 15.3. The van der Waals surface area contributed by atoms with Crippen molar-refractivity contribution in [1.29, 1.82) is 0 Å². The van der Waals surface area contributed by atoms with Gasteiger partial charge in [-0.3, -0.25) is 4.79 Å². The van der Waals surface area contributed by atoms with Gasteiger partial charge in [0.15, 0.2) is 0 Å². The van der Waals surface area contributed by atoms with Crippen LogP contribution in [0.4, 0.5) is 20.2 Å². The van der Waals surface area contributed by atoms with Gasteiger partial charge in [-0.1, -0.05) is 0 Å². The van der Waals surface area contributed by atoms with Gasteiger partial charge in [0.05, 0.1) is 4.90 Å². The number of anilines is 2. The van der Waals surface area contributed by atoms with Crippen molar-refractivity contribution in [2.75, 3.05) is 18.4 Å². The summed E-state index contributed by atoms with van der Waals surface area (Å²) in [5.74, 6) is -3.50. The van der Waals surface area contributed by atoms with E-state index in [0.717, 1.165) is 12.1 Å². The van der Waals surface area contributed by atoms with Crippen molar-refractivity contribution in [3.05, 3.63) is 54.1 Å². The number of nitrogens with zero attached hydrogens (tertiary/aromatic N) is 1. The van der Waals surface area contributed by atoms with Gasteiger partial charge in [-0.15, -0.1) is 0 Å². The minimum atomic E-state index is -4.60. The van der Waals surface area contributed by atoms with Crippen LogP contribution in [0.2, 0.25) is 0 Å². The van der Waals surface area contributed by atoms with Crippen molar-refractivity contribution in [3.8, 4) is 0 Å². The molecule has 0 atom stereocenters. The fraction of sp³-hybridized carbons (Fsp3) is 0.278. The van der Waals surface area contributed by atoms with E-state index in [1.54, 1.807) is 29.2 Å². The summed E-state index contributed by atoms with van der Waals surface area (Å²) in [5, 5.41) is 3.03. The fourth-order valence-corrected chi connectivity index (χ4v) is 3.11. The molecule has 1 amide bonds. The third-order valence-corrected chi connectivity index (χ3v) is 5.29. The maximum Gasteiger partial charge on any atom is 0.341 e. The summed E-state index contributed by atoms with van der Waals surface area (Å²) in [7, 11) is -4.60. The predicted octanol–water partition coefficient (Wildman–Crippen LogP) is 3.91. The van der Waals surface area contributed by atoms with Crippen LogP contribution in [0.1, 0.15) is 24.2 Å². The lowest BCUT2D eigenvalue weighted by atomic mass is 10.1. The topological polar surface area (TPSA) is 66.5 Å². The molecule has 0 aliphatic carbocycles. The van der Waals surface area contributed by atoms with Gasteiger partial charge in [-0.2, -0.15) is 8.78 Å². The average Bonchev–Trinajstić information content (AvgIpc) is 2.63. The fourth-order valence-electron chi connectivity index (χ4n) is 2.39. The van der Waals surface area contributed by atoms with E-state index >= 15 is 0 Å². The number of carbonyl (C=O) groups excluding carboxylic acids is 1. The number of alkyl halides is 2. The summed E-state index contributed by atoms with van der Waals surface area (Å²) in [6, 6.07) is 11.9. The number of carbonyl (C=O) groups is 1. The number of hydrogen-bond donors (Lipinski definition) is 1. The van der Waals surface area contributed by atoms with E-state index in [1.807, 2.05) is 13.8 Å². The summed E-state index contributed by atoms with van der Waals surface area (Å²) in [5.41, 5.74) is 1.80. The number of halogens is 2. The highest BCUT2D eigenvalue weighted by atomic mass is 32.2. The number of benzene rings is 2. The molecule has 0 saturated carbocycles. The number of rotatable bonds is 7. The maximum atomic E-state index is 12.5. The molecule has 140 valence electrons. The Kier molecular flexibility index (Phi) is 6.31. The van der Waals surface area contributed by atoms with Crippen molar-refractivity contribution in [3.63, 3.8) is 0 Å². The highest BCUT2D eigenvalue weighted by molar-refractivity contribution is 7.91. The van der Waals surface area contributed by atoms with Crippen molar-refractivity contribution in [2.24, 2.45) is 0 Å². The van der Waals surface area contributed by atoms with Crippen LogP contribution in [-0.2, 0) is 9.84 Å². The Bertz CT molecular complexity index is 847. The van der Waals surface area contributed by atoms with Crippen LogP contribution in [-0.4, -0.2) is 38.1 Å². The first-order valence-corrected chi connectivity index (χ1v) is 9.62.